The van der Waals surface area contributed by atoms with Crippen LogP contribution >= 0.6 is 11.6 Å². The lowest BCUT2D eigenvalue weighted by atomic mass is 10.0. The normalized spacial score (nSPS) is 10.3. The summed E-state index contributed by atoms with van der Waals surface area (Å²) in [5, 5.41) is 12.2. The van der Waals surface area contributed by atoms with E-state index in [0.29, 0.717) is 10.7 Å². The second-order valence-electron chi connectivity index (χ2n) is 5.81. The molecule has 0 unspecified atom stereocenters. The lowest BCUT2D eigenvalue weighted by molar-refractivity contribution is 0.0692. The standard InChI is InChI=1S/C21H16ClNO3/c22-16-8-11-18(21(25)26)19(13-16)20(24)23-17-9-6-15(7-10-17)12-14-4-2-1-3-5-14/h1-11,13H,12H2,(H,23,24)(H,25,26). The average Bonchev–Trinajstić information content (AvgIpc) is 2.64. The summed E-state index contributed by atoms with van der Waals surface area (Å²) in [7, 11) is 0. The van der Waals surface area contributed by atoms with Gasteiger partial charge in [0, 0.05) is 10.7 Å². The lowest BCUT2D eigenvalue weighted by Gasteiger charge is -2.09. The first kappa shape index (κ1) is 17.7. The van der Waals surface area contributed by atoms with Crippen molar-refractivity contribution in [3.05, 3.63) is 100 Å². The number of benzene rings is 3. The molecule has 3 aromatic carbocycles. The highest BCUT2D eigenvalue weighted by molar-refractivity contribution is 6.31. The molecule has 3 rings (SSSR count). The van der Waals surface area contributed by atoms with Crippen LogP contribution in [0.5, 0.6) is 0 Å². The molecule has 2 N–H and O–H groups in total. The van der Waals surface area contributed by atoms with Crippen molar-refractivity contribution in [3.8, 4) is 0 Å². The fourth-order valence-corrected chi connectivity index (χ4v) is 2.80. The maximum absolute atomic E-state index is 12.4. The molecule has 1 amide bonds. The van der Waals surface area contributed by atoms with Gasteiger partial charge in [-0.3, -0.25) is 4.79 Å². The summed E-state index contributed by atoms with van der Waals surface area (Å²) in [5.74, 6) is -1.69. The molecule has 4 nitrogen and oxygen atoms in total. The quantitative estimate of drug-likeness (QED) is 0.677. The Kier molecular flexibility index (Phi) is 5.34. The summed E-state index contributed by atoms with van der Waals surface area (Å²) in [6.07, 6.45) is 0.798. The van der Waals surface area contributed by atoms with E-state index in [0.717, 1.165) is 12.0 Å². The van der Waals surface area contributed by atoms with Gasteiger partial charge in [0.2, 0.25) is 0 Å². The predicted molar refractivity (Wildman–Crippen MR) is 102 cm³/mol. The van der Waals surface area contributed by atoms with Crippen molar-refractivity contribution < 1.29 is 14.7 Å². The topological polar surface area (TPSA) is 66.4 Å². The number of anilines is 1. The fourth-order valence-electron chi connectivity index (χ4n) is 2.63. The maximum Gasteiger partial charge on any atom is 0.336 e. The zero-order valence-corrected chi connectivity index (χ0v) is 14.5. The highest BCUT2D eigenvalue weighted by Crippen LogP contribution is 2.19. The highest BCUT2D eigenvalue weighted by atomic mass is 35.5. The van der Waals surface area contributed by atoms with Crippen molar-refractivity contribution in [1.82, 2.24) is 0 Å². The van der Waals surface area contributed by atoms with Crippen LogP contribution in [-0.4, -0.2) is 17.0 Å². The van der Waals surface area contributed by atoms with Gasteiger partial charge in [0.15, 0.2) is 0 Å². The molecule has 0 aromatic heterocycles. The molecule has 0 aliphatic carbocycles. The molecule has 5 heteroatoms. The van der Waals surface area contributed by atoms with Crippen molar-refractivity contribution in [2.45, 2.75) is 6.42 Å². The van der Waals surface area contributed by atoms with Gasteiger partial charge < -0.3 is 10.4 Å². The molecular weight excluding hydrogens is 350 g/mol. The van der Waals surface area contributed by atoms with Crippen molar-refractivity contribution in [2.24, 2.45) is 0 Å². The zero-order valence-electron chi connectivity index (χ0n) is 13.8. The van der Waals surface area contributed by atoms with E-state index < -0.39 is 11.9 Å². The molecule has 26 heavy (non-hydrogen) atoms. The summed E-state index contributed by atoms with van der Waals surface area (Å²) in [6, 6.07) is 21.6. The molecule has 0 radical (unpaired) electrons. The minimum Gasteiger partial charge on any atom is -0.478 e. The lowest BCUT2D eigenvalue weighted by Crippen LogP contribution is -2.16. The Bertz CT molecular complexity index is 937. The number of amides is 1. The largest absolute Gasteiger partial charge is 0.478 e. The summed E-state index contributed by atoms with van der Waals surface area (Å²) in [4.78, 5) is 23.7. The number of rotatable bonds is 5. The van der Waals surface area contributed by atoms with Gasteiger partial charge in [-0.25, -0.2) is 4.79 Å². The Labute approximate surface area is 156 Å². The van der Waals surface area contributed by atoms with E-state index in [1.54, 1.807) is 12.1 Å². The van der Waals surface area contributed by atoms with Crippen molar-refractivity contribution in [2.75, 3.05) is 5.32 Å². The molecule has 3 aromatic rings. The van der Waals surface area contributed by atoms with E-state index in [2.05, 4.69) is 17.4 Å². The Morgan fingerprint density at radius 2 is 1.50 bits per heavy atom. The number of hydrogen-bond donors (Lipinski definition) is 2. The van der Waals surface area contributed by atoms with E-state index in [-0.39, 0.29) is 11.1 Å². The average molecular weight is 366 g/mol. The van der Waals surface area contributed by atoms with Crippen LogP contribution in [0.25, 0.3) is 0 Å². The number of carbonyl (C=O) groups is 2. The Balaban J connectivity index is 1.74. The third-order valence-electron chi connectivity index (χ3n) is 3.92. The zero-order chi connectivity index (χ0) is 18.5. The summed E-state index contributed by atoms with van der Waals surface area (Å²) < 4.78 is 0. The SMILES string of the molecule is O=C(O)c1ccc(Cl)cc1C(=O)Nc1ccc(Cc2ccccc2)cc1. The first-order valence-electron chi connectivity index (χ1n) is 8.00. The number of halogens is 1. The van der Waals surface area contributed by atoms with Gasteiger partial charge in [-0.15, -0.1) is 0 Å². The van der Waals surface area contributed by atoms with Crippen LogP contribution in [0.15, 0.2) is 72.8 Å². The molecule has 0 aliphatic heterocycles. The Morgan fingerprint density at radius 3 is 2.15 bits per heavy atom. The number of carboxylic acids is 1. The van der Waals surface area contributed by atoms with Crippen LogP contribution < -0.4 is 5.32 Å². The molecule has 0 bridgehead atoms. The fraction of sp³-hybridized carbons (Fsp3) is 0.0476. The molecule has 0 saturated carbocycles. The molecular formula is C21H16ClNO3. The van der Waals surface area contributed by atoms with Crippen LogP contribution in [0.4, 0.5) is 5.69 Å². The molecule has 0 atom stereocenters. The second kappa shape index (κ2) is 7.85. The van der Waals surface area contributed by atoms with Gasteiger partial charge in [0.1, 0.15) is 0 Å². The first-order chi connectivity index (χ1) is 12.5. The van der Waals surface area contributed by atoms with Crippen molar-refractivity contribution in [3.63, 3.8) is 0 Å². The number of nitrogens with one attached hydrogen (secondary N) is 1. The number of hydrogen-bond acceptors (Lipinski definition) is 2. The van der Waals surface area contributed by atoms with Crippen LogP contribution in [0.1, 0.15) is 31.8 Å². The van der Waals surface area contributed by atoms with Crippen LogP contribution in [0.3, 0.4) is 0 Å². The monoisotopic (exact) mass is 365 g/mol. The Hall–Kier alpha value is -3.11. The van der Waals surface area contributed by atoms with Crippen LogP contribution in [0.2, 0.25) is 5.02 Å². The minimum atomic E-state index is -1.18. The number of aromatic carboxylic acids is 1. The third kappa shape index (κ3) is 4.29. The summed E-state index contributed by atoms with van der Waals surface area (Å²) in [5.41, 5.74) is 2.84. The second-order valence-corrected chi connectivity index (χ2v) is 6.24. The van der Waals surface area contributed by atoms with E-state index >= 15 is 0 Å². The molecule has 130 valence electrons. The number of carbonyl (C=O) groups excluding carboxylic acids is 1. The highest BCUT2D eigenvalue weighted by Gasteiger charge is 2.17. The van der Waals surface area contributed by atoms with Crippen molar-refractivity contribution >= 4 is 29.2 Å². The smallest absolute Gasteiger partial charge is 0.336 e. The molecule has 0 heterocycles. The van der Waals surface area contributed by atoms with Gasteiger partial charge in [0.05, 0.1) is 11.1 Å². The van der Waals surface area contributed by atoms with E-state index in [1.807, 2.05) is 30.3 Å². The van der Waals surface area contributed by atoms with Gasteiger partial charge in [0.25, 0.3) is 5.91 Å². The maximum atomic E-state index is 12.4. The molecule has 0 fully saturated rings. The molecule has 0 spiro atoms. The van der Waals surface area contributed by atoms with E-state index in [4.69, 9.17) is 11.6 Å². The summed E-state index contributed by atoms with van der Waals surface area (Å²) in [6.45, 7) is 0. The number of carboxylic acid groups (broad SMARTS) is 1. The van der Waals surface area contributed by atoms with Gasteiger partial charge in [-0.1, -0.05) is 54.1 Å². The molecule has 0 aliphatic rings. The van der Waals surface area contributed by atoms with Gasteiger partial charge >= 0.3 is 5.97 Å². The van der Waals surface area contributed by atoms with Crippen molar-refractivity contribution in [1.29, 1.82) is 0 Å². The first-order valence-corrected chi connectivity index (χ1v) is 8.38. The summed E-state index contributed by atoms with van der Waals surface area (Å²) >= 11 is 5.89. The Morgan fingerprint density at radius 1 is 0.846 bits per heavy atom. The van der Waals surface area contributed by atoms with Crippen LogP contribution in [-0.2, 0) is 6.42 Å². The van der Waals surface area contributed by atoms with Gasteiger partial charge in [-0.05, 0) is 47.9 Å². The van der Waals surface area contributed by atoms with E-state index in [1.165, 1.54) is 23.8 Å². The molecule has 0 saturated heterocycles. The van der Waals surface area contributed by atoms with Crippen LogP contribution in [0, 0.1) is 0 Å². The van der Waals surface area contributed by atoms with Gasteiger partial charge in [-0.2, -0.15) is 0 Å². The van der Waals surface area contributed by atoms with E-state index in [9.17, 15) is 14.7 Å². The predicted octanol–water partition coefficient (Wildman–Crippen LogP) is 4.88. The minimum absolute atomic E-state index is 0.0263. The third-order valence-corrected chi connectivity index (χ3v) is 4.15.